The lowest BCUT2D eigenvalue weighted by molar-refractivity contribution is -0.139. The predicted octanol–water partition coefficient (Wildman–Crippen LogP) is 8.87. The molecule has 0 aromatic rings. The maximum Gasteiger partial charge on any atom is 0.334 e. The van der Waals surface area contributed by atoms with E-state index >= 15 is 0 Å². The van der Waals surface area contributed by atoms with Crippen molar-refractivity contribution in [1.82, 2.24) is 0 Å². The van der Waals surface area contributed by atoms with Crippen LogP contribution in [0.15, 0.2) is 11.6 Å². The molecular weight excluding hydrogens is 540 g/mol. The Bertz CT molecular complexity index is 724. The largest absolute Gasteiger partial charge is 0.455 e. The van der Waals surface area contributed by atoms with Crippen molar-refractivity contribution < 1.29 is 29.6 Å². The van der Waals surface area contributed by atoms with E-state index in [0.717, 1.165) is 95.5 Å². The molecule has 3 N–H and O–H groups in total. The molecule has 0 aromatic heterocycles. The average molecular weight is 609 g/mol. The highest BCUT2D eigenvalue weighted by Crippen LogP contribution is 2.28. The first-order valence-corrected chi connectivity index (χ1v) is 18.5. The quantitative estimate of drug-likeness (QED) is 0.0606. The predicted molar refractivity (Wildman–Crippen MR) is 176 cm³/mol. The number of hydrogen-bond donors (Lipinski definition) is 3. The van der Waals surface area contributed by atoms with Crippen molar-refractivity contribution in [2.45, 2.75) is 217 Å². The highest BCUT2D eigenvalue weighted by Gasteiger charge is 2.34. The van der Waals surface area contributed by atoms with Crippen LogP contribution in [0.3, 0.4) is 0 Å². The molecule has 1 fully saturated rings. The number of carbonyl (C=O) groups is 1. The lowest BCUT2D eigenvalue weighted by Gasteiger charge is -2.22. The summed E-state index contributed by atoms with van der Waals surface area (Å²) in [5.41, 5.74) is 0.829. The third-order valence-corrected chi connectivity index (χ3v) is 9.56. The molecule has 1 saturated heterocycles. The van der Waals surface area contributed by atoms with Gasteiger partial charge in [0, 0.05) is 5.57 Å². The van der Waals surface area contributed by atoms with Crippen molar-refractivity contribution in [3.8, 4) is 0 Å². The Balaban J connectivity index is 1.37. The Labute approximate surface area is 264 Å². The zero-order valence-electron chi connectivity index (χ0n) is 28.0. The Kier molecular flexibility index (Phi) is 21.6. The van der Waals surface area contributed by atoms with Crippen molar-refractivity contribution in [3.05, 3.63) is 11.6 Å². The maximum atomic E-state index is 11.6. The molecule has 43 heavy (non-hydrogen) atoms. The molecular formula is C37H68O6. The van der Waals surface area contributed by atoms with Gasteiger partial charge < -0.3 is 24.8 Å². The van der Waals surface area contributed by atoms with Crippen molar-refractivity contribution >= 4 is 5.97 Å². The van der Waals surface area contributed by atoms with Gasteiger partial charge in [-0.3, -0.25) is 0 Å². The van der Waals surface area contributed by atoms with Gasteiger partial charge in [-0.15, -0.1) is 0 Å². The number of unbranched alkanes of at least 4 members (excludes halogenated alkanes) is 16. The van der Waals surface area contributed by atoms with Crippen LogP contribution >= 0.6 is 0 Å². The van der Waals surface area contributed by atoms with Crippen LogP contribution in [0.2, 0.25) is 0 Å². The topological polar surface area (TPSA) is 96.2 Å². The van der Waals surface area contributed by atoms with E-state index in [1.165, 1.54) is 70.6 Å². The lowest BCUT2D eigenvalue weighted by Crippen LogP contribution is -2.31. The number of esters is 1. The van der Waals surface area contributed by atoms with E-state index in [2.05, 4.69) is 6.92 Å². The van der Waals surface area contributed by atoms with Gasteiger partial charge in [0.25, 0.3) is 0 Å². The fourth-order valence-electron chi connectivity index (χ4n) is 6.74. The molecule has 0 spiro atoms. The molecule has 6 heteroatoms. The normalized spacial score (nSPS) is 22.5. The van der Waals surface area contributed by atoms with Crippen LogP contribution < -0.4 is 0 Å². The second kappa shape index (κ2) is 24.3. The molecule has 2 aliphatic heterocycles. The van der Waals surface area contributed by atoms with Crippen LogP contribution in [0, 0.1) is 0 Å². The molecule has 0 unspecified atom stereocenters. The second-order valence-electron chi connectivity index (χ2n) is 13.6. The Morgan fingerprint density at radius 3 is 1.56 bits per heavy atom. The van der Waals surface area contributed by atoms with Crippen LogP contribution in [0.5, 0.6) is 0 Å². The van der Waals surface area contributed by atoms with Crippen LogP contribution in [-0.2, 0) is 14.3 Å². The maximum absolute atomic E-state index is 11.6. The first-order chi connectivity index (χ1) is 20.9. The zero-order valence-corrected chi connectivity index (χ0v) is 28.0. The SMILES string of the molecule is CCCCCCCCCCCCCC[C@@H](O)[C@H]1CC[C@H]([C@H](O)CCCC[C@H](O)CCCCCCCC2=C[C@H](C)OC2=O)O1. The summed E-state index contributed by atoms with van der Waals surface area (Å²) in [7, 11) is 0. The van der Waals surface area contributed by atoms with Gasteiger partial charge in [-0.2, -0.15) is 0 Å². The fourth-order valence-corrected chi connectivity index (χ4v) is 6.74. The van der Waals surface area contributed by atoms with E-state index < -0.39 is 12.2 Å². The third-order valence-electron chi connectivity index (χ3n) is 9.56. The molecule has 0 aliphatic carbocycles. The Morgan fingerprint density at radius 2 is 1.07 bits per heavy atom. The molecule has 2 aliphatic rings. The summed E-state index contributed by atoms with van der Waals surface area (Å²) >= 11 is 0. The van der Waals surface area contributed by atoms with E-state index in [-0.39, 0.29) is 30.4 Å². The first kappa shape index (κ1) is 38.2. The monoisotopic (exact) mass is 609 g/mol. The average Bonchev–Trinajstić information content (AvgIpc) is 3.61. The Morgan fingerprint density at radius 1 is 0.651 bits per heavy atom. The highest BCUT2D eigenvalue weighted by atomic mass is 16.5. The van der Waals surface area contributed by atoms with Crippen molar-refractivity contribution in [1.29, 1.82) is 0 Å². The molecule has 0 saturated carbocycles. The summed E-state index contributed by atoms with van der Waals surface area (Å²) < 4.78 is 11.2. The summed E-state index contributed by atoms with van der Waals surface area (Å²) in [4.78, 5) is 11.6. The van der Waals surface area contributed by atoms with Gasteiger partial charge in [0.2, 0.25) is 0 Å². The number of rotatable bonds is 28. The van der Waals surface area contributed by atoms with Gasteiger partial charge in [-0.05, 0) is 64.4 Å². The number of aliphatic hydroxyl groups excluding tert-OH is 3. The number of aliphatic hydroxyl groups is 3. The highest BCUT2D eigenvalue weighted by molar-refractivity contribution is 5.90. The standard InChI is InChI=1S/C37H68O6/c1-3-4-5-6-7-8-9-10-11-12-16-19-25-33(39)35-27-28-36(43-35)34(40)26-21-20-24-32(38)23-18-15-13-14-17-22-31-29-30(2)42-37(31)41/h29-30,32-36,38-40H,3-28H2,1-2H3/t30-,32+,33+,34+,35+,36+/m0/s1. The third kappa shape index (κ3) is 18.0. The van der Waals surface area contributed by atoms with Crippen LogP contribution in [0.1, 0.15) is 181 Å². The van der Waals surface area contributed by atoms with E-state index in [0.29, 0.717) is 6.42 Å². The second-order valence-corrected chi connectivity index (χ2v) is 13.6. The van der Waals surface area contributed by atoms with Crippen molar-refractivity contribution in [3.63, 3.8) is 0 Å². The van der Waals surface area contributed by atoms with E-state index in [9.17, 15) is 20.1 Å². The summed E-state index contributed by atoms with van der Waals surface area (Å²) in [5.74, 6) is -0.151. The summed E-state index contributed by atoms with van der Waals surface area (Å²) in [5, 5.41) is 31.6. The number of hydrogen-bond acceptors (Lipinski definition) is 6. The number of carbonyl (C=O) groups excluding carboxylic acids is 1. The van der Waals surface area contributed by atoms with Gasteiger partial charge >= 0.3 is 5.97 Å². The molecule has 0 radical (unpaired) electrons. The smallest absolute Gasteiger partial charge is 0.334 e. The summed E-state index contributed by atoms with van der Waals surface area (Å²) in [6, 6.07) is 0. The van der Waals surface area contributed by atoms with Crippen LogP contribution in [0.4, 0.5) is 0 Å². The molecule has 0 bridgehead atoms. The van der Waals surface area contributed by atoms with Crippen molar-refractivity contribution in [2.24, 2.45) is 0 Å². The molecule has 2 rings (SSSR count). The number of cyclic esters (lactones) is 1. The molecule has 0 aromatic carbocycles. The van der Waals surface area contributed by atoms with Gasteiger partial charge in [0.05, 0.1) is 30.5 Å². The summed E-state index contributed by atoms with van der Waals surface area (Å²) in [6.45, 7) is 4.16. The first-order valence-electron chi connectivity index (χ1n) is 18.5. The van der Waals surface area contributed by atoms with E-state index in [1.807, 2.05) is 13.0 Å². The zero-order chi connectivity index (χ0) is 31.1. The fraction of sp³-hybridized carbons (Fsp3) is 0.919. The number of ether oxygens (including phenoxy) is 2. The van der Waals surface area contributed by atoms with Crippen LogP contribution in [-0.4, -0.2) is 57.9 Å². The molecule has 252 valence electrons. The Hall–Kier alpha value is -0.950. The van der Waals surface area contributed by atoms with Gasteiger partial charge in [-0.25, -0.2) is 4.79 Å². The van der Waals surface area contributed by atoms with E-state index in [4.69, 9.17) is 9.47 Å². The lowest BCUT2D eigenvalue weighted by atomic mass is 9.99. The molecule has 2 heterocycles. The van der Waals surface area contributed by atoms with Crippen molar-refractivity contribution in [2.75, 3.05) is 0 Å². The van der Waals surface area contributed by atoms with Crippen LogP contribution in [0.25, 0.3) is 0 Å². The van der Waals surface area contributed by atoms with Gasteiger partial charge in [0.15, 0.2) is 0 Å². The minimum atomic E-state index is -0.481. The minimum Gasteiger partial charge on any atom is -0.455 e. The molecule has 0 amide bonds. The minimum absolute atomic E-state index is 0.0756. The van der Waals surface area contributed by atoms with Gasteiger partial charge in [-0.1, -0.05) is 122 Å². The molecule has 6 nitrogen and oxygen atoms in total. The molecule has 6 atom stereocenters. The van der Waals surface area contributed by atoms with Gasteiger partial charge in [0.1, 0.15) is 6.10 Å². The van der Waals surface area contributed by atoms with E-state index in [1.54, 1.807) is 0 Å². The summed E-state index contributed by atoms with van der Waals surface area (Å²) in [6.07, 6.45) is 29.1.